The van der Waals surface area contributed by atoms with Gasteiger partial charge >= 0.3 is 0 Å². The maximum atomic E-state index is 3.98. The van der Waals surface area contributed by atoms with Gasteiger partial charge in [-0.1, -0.05) is 6.07 Å². The Balaban J connectivity index is 0.000000219. The van der Waals surface area contributed by atoms with Crippen molar-refractivity contribution in [3.63, 3.8) is 0 Å². The summed E-state index contributed by atoms with van der Waals surface area (Å²) in [7, 11) is 0. The molecule has 0 saturated heterocycles. The minimum Gasteiger partial charge on any atom is -0.262 e. The van der Waals surface area contributed by atoms with Crippen LogP contribution < -0.4 is 0 Å². The normalized spacial score (nSPS) is 8.71. The van der Waals surface area contributed by atoms with Crippen molar-refractivity contribution in [3.05, 3.63) is 127 Å². The van der Waals surface area contributed by atoms with Gasteiger partial charge in [-0.25, -0.2) is 19.9 Å². The second-order valence-corrected chi connectivity index (χ2v) is 6.83. The molecule has 0 bridgehead atoms. The first kappa shape index (κ1) is 28.5. The average molecular weight is 470 g/mol. The van der Waals surface area contributed by atoms with Crippen molar-refractivity contribution in [1.82, 2.24) is 45.1 Å². The molecule has 0 amide bonds. The first-order chi connectivity index (χ1) is 17.0. The molecule has 180 valence electrons. The van der Waals surface area contributed by atoms with Crippen LogP contribution in [0.25, 0.3) is 0 Å². The van der Waals surface area contributed by atoms with Crippen LogP contribution in [-0.4, -0.2) is 45.1 Å². The van der Waals surface area contributed by atoms with Gasteiger partial charge in [-0.3, -0.25) is 15.0 Å². The number of hydrogen-bond acceptors (Lipinski definition) is 9. The molecule has 0 aliphatic heterocycles. The lowest BCUT2D eigenvalue weighted by atomic mass is 10.4. The van der Waals surface area contributed by atoms with E-state index in [4.69, 9.17) is 0 Å². The van der Waals surface area contributed by atoms with Gasteiger partial charge in [-0.15, -0.1) is 0 Å². The van der Waals surface area contributed by atoms with Crippen molar-refractivity contribution in [2.24, 2.45) is 0 Å². The number of nitrogens with zero attached hydrogens (tertiary/aromatic N) is 9. The molecule has 0 aliphatic carbocycles. The van der Waals surface area contributed by atoms with Crippen molar-refractivity contribution in [1.29, 1.82) is 0 Å². The Labute approximate surface area is 206 Å². The minimum atomic E-state index is 0.822. The summed E-state index contributed by atoms with van der Waals surface area (Å²) in [5, 5.41) is 7.36. The van der Waals surface area contributed by atoms with Crippen LogP contribution in [-0.2, 0) is 0 Å². The van der Waals surface area contributed by atoms with E-state index < -0.39 is 0 Å². The monoisotopic (exact) mass is 469 g/mol. The van der Waals surface area contributed by atoms with Gasteiger partial charge < -0.3 is 0 Å². The molecule has 0 aliphatic rings. The quantitative estimate of drug-likeness (QED) is 0.322. The molecule has 35 heavy (non-hydrogen) atoms. The third-order valence-electron chi connectivity index (χ3n) is 3.64. The van der Waals surface area contributed by atoms with E-state index in [9.17, 15) is 0 Å². The summed E-state index contributed by atoms with van der Waals surface area (Å²) < 4.78 is 0. The van der Waals surface area contributed by atoms with E-state index in [1.807, 2.05) is 71.0 Å². The number of rotatable bonds is 0. The van der Waals surface area contributed by atoms with Crippen molar-refractivity contribution in [2.45, 2.75) is 34.6 Å². The number of aromatic nitrogens is 9. The topological polar surface area (TPSA) is 116 Å². The van der Waals surface area contributed by atoms with Crippen LogP contribution in [0.4, 0.5) is 0 Å². The predicted molar refractivity (Wildman–Crippen MR) is 136 cm³/mol. The molecule has 9 nitrogen and oxygen atoms in total. The van der Waals surface area contributed by atoms with E-state index in [1.165, 1.54) is 6.33 Å². The Kier molecular flexibility index (Phi) is 15.5. The van der Waals surface area contributed by atoms with Gasteiger partial charge in [0.25, 0.3) is 0 Å². The second-order valence-electron chi connectivity index (χ2n) is 6.83. The molecular weight excluding hydrogens is 438 g/mol. The molecule has 0 aromatic carbocycles. The molecule has 0 unspecified atom stereocenters. The highest BCUT2D eigenvalue weighted by Crippen LogP contribution is 1.86. The fourth-order valence-electron chi connectivity index (χ4n) is 1.93. The van der Waals surface area contributed by atoms with Gasteiger partial charge in [0, 0.05) is 61.0 Å². The van der Waals surface area contributed by atoms with Gasteiger partial charge in [0.1, 0.15) is 12.2 Å². The van der Waals surface area contributed by atoms with Crippen LogP contribution in [0.1, 0.15) is 28.6 Å². The Morgan fingerprint density at radius 1 is 0.457 bits per heavy atom. The first-order valence-electron chi connectivity index (χ1n) is 10.8. The van der Waals surface area contributed by atoms with Crippen LogP contribution in [0, 0.1) is 34.6 Å². The highest BCUT2D eigenvalue weighted by molar-refractivity contribution is 5.00. The summed E-state index contributed by atoms with van der Waals surface area (Å²) in [6.07, 6.45) is 15.2. The summed E-state index contributed by atoms with van der Waals surface area (Å²) in [6.45, 7) is 9.59. The van der Waals surface area contributed by atoms with Crippen molar-refractivity contribution < 1.29 is 0 Å². The van der Waals surface area contributed by atoms with Crippen molar-refractivity contribution >= 4 is 0 Å². The third kappa shape index (κ3) is 17.7. The highest BCUT2D eigenvalue weighted by atomic mass is 15.1. The zero-order valence-corrected chi connectivity index (χ0v) is 20.8. The SMILES string of the molecule is Cc1ccccn1.Cc1cccnn1.Cc1ccncn1.Cc1cnccn1.Cc1ncccn1. The highest BCUT2D eigenvalue weighted by Gasteiger charge is 1.77. The molecule has 0 atom stereocenters. The lowest BCUT2D eigenvalue weighted by molar-refractivity contribution is 0.980. The Bertz CT molecular complexity index is 896. The molecule has 0 fully saturated rings. The maximum Gasteiger partial charge on any atom is 0.125 e. The summed E-state index contributed by atoms with van der Waals surface area (Å²) in [5.41, 5.74) is 4.00. The molecular formula is C26H31N9. The molecule has 9 heteroatoms. The summed E-state index contributed by atoms with van der Waals surface area (Å²) >= 11 is 0. The van der Waals surface area contributed by atoms with E-state index in [1.54, 1.807) is 55.6 Å². The predicted octanol–water partition coefficient (Wildman–Crippen LogP) is 4.53. The van der Waals surface area contributed by atoms with E-state index in [2.05, 4.69) is 45.1 Å². The number of aryl methyl sites for hydroxylation is 5. The Morgan fingerprint density at radius 3 is 1.43 bits per heavy atom. The second kappa shape index (κ2) is 19.0. The van der Waals surface area contributed by atoms with Crippen molar-refractivity contribution in [3.8, 4) is 0 Å². The standard InChI is InChI=1S/C6H7N.4C5H6N2/c1-6-4-2-3-5-7-6;1-5-4-6-2-3-7-5;1-5-2-3-6-4-7-5;1-5-6-3-2-4-7-5;1-5-3-2-4-6-7-5/h2-5H,1H3;4*2-4H,1H3. The Hall–Kier alpha value is -4.53. The molecule has 0 radical (unpaired) electrons. The van der Waals surface area contributed by atoms with Gasteiger partial charge in [0.15, 0.2) is 0 Å². The van der Waals surface area contributed by atoms with Crippen LogP contribution in [0.3, 0.4) is 0 Å². The maximum absolute atomic E-state index is 3.98. The van der Waals surface area contributed by atoms with Gasteiger partial charge in [-0.2, -0.15) is 10.2 Å². The Morgan fingerprint density at radius 2 is 1.14 bits per heavy atom. The van der Waals surface area contributed by atoms with Crippen LogP contribution in [0.15, 0.2) is 98.4 Å². The molecule has 0 saturated carbocycles. The van der Waals surface area contributed by atoms with Gasteiger partial charge in [0.2, 0.25) is 0 Å². The lowest BCUT2D eigenvalue weighted by Crippen LogP contribution is -1.80. The molecule has 5 heterocycles. The van der Waals surface area contributed by atoms with E-state index >= 15 is 0 Å². The minimum absolute atomic E-state index is 0.822. The molecule has 5 aromatic heterocycles. The summed E-state index contributed by atoms with van der Waals surface area (Å²) in [5.74, 6) is 0.822. The molecule has 5 aromatic rings. The zero-order valence-electron chi connectivity index (χ0n) is 20.8. The van der Waals surface area contributed by atoms with Crippen LogP contribution in [0.2, 0.25) is 0 Å². The molecule has 5 rings (SSSR count). The van der Waals surface area contributed by atoms with Crippen LogP contribution >= 0.6 is 0 Å². The molecule has 0 N–H and O–H groups in total. The van der Waals surface area contributed by atoms with Gasteiger partial charge in [0.05, 0.1) is 11.4 Å². The number of hydrogen-bond donors (Lipinski definition) is 0. The van der Waals surface area contributed by atoms with Crippen LogP contribution in [0.5, 0.6) is 0 Å². The van der Waals surface area contributed by atoms with Gasteiger partial charge in [-0.05, 0) is 71.0 Å². The van der Waals surface area contributed by atoms with E-state index in [-0.39, 0.29) is 0 Å². The summed E-state index contributed by atoms with van der Waals surface area (Å²) in [6, 6.07) is 13.3. The lowest BCUT2D eigenvalue weighted by Gasteiger charge is -1.82. The fraction of sp³-hybridized carbons (Fsp3) is 0.192. The summed E-state index contributed by atoms with van der Waals surface area (Å²) in [4.78, 5) is 27.1. The third-order valence-corrected chi connectivity index (χ3v) is 3.64. The first-order valence-corrected chi connectivity index (χ1v) is 10.8. The average Bonchev–Trinajstić information content (AvgIpc) is 2.88. The smallest absolute Gasteiger partial charge is 0.125 e. The fourth-order valence-corrected chi connectivity index (χ4v) is 1.93. The molecule has 0 spiro atoms. The zero-order chi connectivity index (χ0) is 25.6. The van der Waals surface area contributed by atoms with E-state index in [0.717, 1.165) is 28.6 Å². The van der Waals surface area contributed by atoms with Crippen molar-refractivity contribution in [2.75, 3.05) is 0 Å². The number of pyridine rings is 1. The van der Waals surface area contributed by atoms with E-state index in [0.29, 0.717) is 0 Å². The largest absolute Gasteiger partial charge is 0.262 e.